The third-order valence-corrected chi connectivity index (χ3v) is 8.01. The van der Waals surface area contributed by atoms with E-state index in [0.717, 1.165) is 25.9 Å². The molecule has 124 valence electrons. The zero-order chi connectivity index (χ0) is 16.1. The van der Waals surface area contributed by atoms with E-state index in [2.05, 4.69) is 18.5 Å². The lowest BCUT2D eigenvalue weighted by Crippen LogP contribution is -2.30. The minimum Gasteiger partial charge on any atom is -0.400 e. The van der Waals surface area contributed by atoms with Crippen molar-refractivity contribution in [3.8, 4) is 0 Å². The molecule has 0 rings (SSSR count). The second-order valence-corrected chi connectivity index (χ2v) is 9.88. The molecule has 0 aliphatic carbocycles. The quantitative estimate of drug-likeness (QED) is 0.296. The first-order chi connectivity index (χ1) is 10.2. The van der Waals surface area contributed by atoms with Crippen LogP contribution in [0.4, 0.5) is 0 Å². The second kappa shape index (κ2) is 13.4. The van der Waals surface area contributed by atoms with Gasteiger partial charge in [-0.3, -0.25) is 0 Å². The molecular weight excluding hydrogens is 302 g/mol. The van der Waals surface area contributed by atoms with Crippen LogP contribution in [0.3, 0.4) is 0 Å². The molecule has 0 spiro atoms. The van der Waals surface area contributed by atoms with Crippen LogP contribution in [-0.4, -0.2) is 60.1 Å². The molecule has 0 saturated carbocycles. The van der Waals surface area contributed by atoms with Gasteiger partial charge >= 0.3 is 18.6 Å². The van der Waals surface area contributed by atoms with Crippen LogP contribution in [0, 0.1) is 0 Å². The number of rotatable bonds is 14. The molecule has 2 atom stereocenters. The van der Waals surface area contributed by atoms with E-state index in [4.69, 9.17) is 17.7 Å². The van der Waals surface area contributed by atoms with Gasteiger partial charge in [0.1, 0.15) is 0 Å². The average Bonchev–Trinajstić information content (AvgIpc) is 2.52. The van der Waals surface area contributed by atoms with Gasteiger partial charge in [-0.05, 0) is 25.9 Å². The third kappa shape index (κ3) is 8.05. The van der Waals surface area contributed by atoms with Crippen LogP contribution in [0.25, 0.3) is 0 Å². The SMILES string of the molecule is C=CC(CCNCCC(C=C)[SiH](OC)OC)[SiH](OC)OC. The molecule has 2 unspecified atom stereocenters. The van der Waals surface area contributed by atoms with Gasteiger partial charge in [-0.2, -0.15) is 0 Å². The standard InChI is InChI=1S/C14H31NO4Si2/c1-7-13(20(16-3)17-4)9-11-15-12-10-14(8-2)21(18-5)19-6/h7-8,13-15,20-21H,1-2,9-12H2,3-6H3. The second-order valence-electron chi connectivity index (χ2n) is 4.81. The van der Waals surface area contributed by atoms with E-state index in [1.54, 1.807) is 28.4 Å². The summed E-state index contributed by atoms with van der Waals surface area (Å²) in [6.07, 6.45) is 5.85. The van der Waals surface area contributed by atoms with Gasteiger partial charge in [0.05, 0.1) is 0 Å². The highest BCUT2D eigenvalue weighted by molar-refractivity contribution is 6.47. The minimum absolute atomic E-state index is 0.322. The molecule has 5 nitrogen and oxygen atoms in total. The van der Waals surface area contributed by atoms with Crippen molar-refractivity contribution in [2.45, 2.75) is 23.9 Å². The molecule has 0 radical (unpaired) electrons. The maximum absolute atomic E-state index is 5.40. The van der Waals surface area contributed by atoms with Gasteiger partial charge in [-0.1, -0.05) is 12.2 Å². The number of hydrogen-bond donors (Lipinski definition) is 1. The average molecular weight is 334 g/mol. The monoisotopic (exact) mass is 333 g/mol. The van der Waals surface area contributed by atoms with Crippen molar-refractivity contribution < 1.29 is 17.7 Å². The molecule has 21 heavy (non-hydrogen) atoms. The van der Waals surface area contributed by atoms with E-state index in [0.29, 0.717) is 11.1 Å². The first kappa shape index (κ1) is 20.7. The van der Waals surface area contributed by atoms with Crippen molar-refractivity contribution in [2.75, 3.05) is 41.5 Å². The van der Waals surface area contributed by atoms with Crippen molar-refractivity contribution in [1.29, 1.82) is 0 Å². The Bertz CT molecular complexity index is 248. The van der Waals surface area contributed by atoms with Gasteiger partial charge in [0, 0.05) is 39.5 Å². The molecule has 7 heteroatoms. The van der Waals surface area contributed by atoms with Gasteiger partial charge in [0.2, 0.25) is 0 Å². The van der Waals surface area contributed by atoms with E-state index in [1.165, 1.54) is 0 Å². The molecule has 1 N–H and O–H groups in total. The van der Waals surface area contributed by atoms with Crippen LogP contribution in [0.15, 0.2) is 25.3 Å². The zero-order valence-corrected chi connectivity index (χ0v) is 16.1. The molecule has 0 aliphatic heterocycles. The summed E-state index contributed by atoms with van der Waals surface area (Å²) in [6, 6.07) is 0. The van der Waals surface area contributed by atoms with Crippen LogP contribution in [0.1, 0.15) is 12.8 Å². The van der Waals surface area contributed by atoms with Gasteiger partial charge in [0.15, 0.2) is 0 Å². The van der Waals surface area contributed by atoms with Crippen molar-refractivity contribution in [1.82, 2.24) is 5.32 Å². The summed E-state index contributed by atoms with van der Waals surface area (Å²) < 4.78 is 21.6. The zero-order valence-electron chi connectivity index (χ0n) is 13.8. The highest BCUT2D eigenvalue weighted by Crippen LogP contribution is 2.18. The van der Waals surface area contributed by atoms with Crippen molar-refractivity contribution in [2.24, 2.45) is 0 Å². The molecule has 0 fully saturated rings. The Morgan fingerprint density at radius 3 is 1.38 bits per heavy atom. The number of allylic oxidation sites excluding steroid dienone is 2. The summed E-state index contributed by atoms with van der Waals surface area (Å²) in [5.41, 5.74) is 0.644. The lowest BCUT2D eigenvalue weighted by molar-refractivity contribution is 0.267. The summed E-state index contributed by atoms with van der Waals surface area (Å²) in [7, 11) is 3.59. The van der Waals surface area contributed by atoms with E-state index in [-0.39, 0.29) is 0 Å². The summed E-state index contributed by atoms with van der Waals surface area (Å²) in [5.74, 6) is 0. The summed E-state index contributed by atoms with van der Waals surface area (Å²) in [4.78, 5) is 0. The fourth-order valence-corrected chi connectivity index (χ4v) is 5.39. The van der Waals surface area contributed by atoms with Crippen molar-refractivity contribution in [3.05, 3.63) is 25.3 Å². The minimum atomic E-state index is -1.62. The summed E-state index contributed by atoms with van der Waals surface area (Å²) in [6.45, 7) is 9.58. The van der Waals surface area contributed by atoms with Crippen LogP contribution >= 0.6 is 0 Å². The maximum Gasteiger partial charge on any atom is 0.328 e. The van der Waals surface area contributed by atoms with Crippen LogP contribution in [0.2, 0.25) is 11.1 Å². The van der Waals surface area contributed by atoms with E-state index in [1.807, 2.05) is 12.2 Å². The molecule has 0 heterocycles. The fraction of sp³-hybridized carbons (Fsp3) is 0.714. The predicted molar refractivity (Wildman–Crippen MR) is 92.3 cm³/mol. The summed E-state index contributed by atoms with van der Waals surface area (Å²) >= 11 is 0. The Hall–Kier alpha value is -0.286. The Labute approximate surface area is 133 Å². The molecule has 0 aromatic rings. The molecular formula is C14H31NO4Si2. The van der Waals surface area contributed by atoms with Crippen LogP contribution in [-0.2, 0) is 17.7 Å². The number of nitrogens with one attached hydrogen (secondary N) is 1. The lowest BCUT2D eigenvalue weighted by atomic mass is 10.2. The maximum atomic E-state index is 5.40. The van der Waals surface area contributed by atoms with Crippen LogP contribution < -0.4 is 5.32 Å². The molecule has 0 aliphatic rings. The molecule has 0 aromatic carbocycles. The molecule has 0 bridgehead atoms. The number of hydrogen-bond acceptors (Lipinski definition) is 5. The van der Waals surface area contributed by atoms with E-state index < -0.39 is 18.6 Å². The van der Waals surface area contributed by atoms with Crippen molar-refractivity contribution in [3.63, 3.8) is 0 Å². The van der Waals surface area contributed by atoms with E-state index >= 15 is 0 Å². The van der Waals surface area contributed by atoms with Gasteiger partial charge < -0.3 is 23.0 Å². The first-order valence-corrected chi connectivity index (χ1v) is 10.5. The Morgan fingerprint density at radius 2 is 1.14 bits per heavy atom. The molecule has 0 amide bonds. The van der Waals surface area contributed by atoms with E-state index in [9.17, 15) is 0 Å². The smallest absolute Gasteiger partial charge is 0.328 e. The van der Waals surface area contributed by atoms with Crippen LogP contribution in [0.5, 0.6) is 0 Å². The highest BCUT2D eigenvalue weighted by atomic mass is 28.3. The van der Waals surface area contributed by atoms with Gasteiger partial charge in [0.25, 0.3) is 0 Å². The predicted octanol–water partition coefficient (Wildman–Crippen LogP) is 1.50. The summed E-state index contributed by atoms with van der Waals surface area (Å²) in [5, 5.41) is 3.45. The fourth-order valence-electron chi connectivity index (χ4n) is 2.28. The normalized spacial score (nSPS) is 14.4. The first-order valence-electron chi connectivity index (χ1n) is 7.25. The molecule has 0 aromatic heterocycles. The largest absolute Gasteiger partial charge is 0.400 e. The van der Waals surface area contributed by atoms with Crippen molar-refractivity contribution >= 4 is 18.6 Å². The van der Waals surface area contributed by atoms with Gasteiger partial charge in [-0.25, -0.2) is 0 Å². The molecule has 0 saturated heterocycles. The Kier molecular flexibility index (Phi) is 13.2. The highest BCUT2D eigenvalue weighted by Gasteiger charge is 2.22. The van der Waals surface area contributed by atoms with Gasteiger partial charge in [-0.15, -0.1) is 13.2 Å². The Morgan fingerprint density at radius 1 is 0.810 bits per heavy atom. The third-order valence-electron chi connectivity index (χ3n) is 3.54. The lowest BCUT2D eigenvalue weighted by Gasteiger charge is -2.21. The topological polar surface area (TPSA) is 49.0 Å². The Balaban J connectivity index is 3.97.